The smallest absolute Gasteiger partial charge is 0.338 e. The van der Waals surface area contributed by atoms with E-state index in [4.69, 9.17) is 13.9 Å². The molecule has 2 aliphatic heterocycles. The van der Waals surface area contributed by atoms with E-state index in [0.29, 0.717) is 13.0 Å². The number of hydrogen-bond acceptors (Lipinski definition) is 7. The third kappa shape index (κ3) is 6.62. The van der Waals surface area contributed by atoms with Gasteiger partial charge in [-0.1, -0.05) is 36.4 Å². The van der Waals surface area contributed by atoms with Crippen LogP contribution in [0.5, 0.6) is 0 Å². The number of methoxy groups -OCH3 is 2. The molecule has 1 aromatic heterocycles. The lowest BCUT2D eigenvalue weighted by molar-refractivity contribution is -0.137. The molecule has 2 aliphatic rings. The number of rotatable bonds is 10. The molecule has 0 radical (unpaired) electrons. The second-order valence-electron chi connectivity index (χ2n) is 11.0. The molecule has 0 bridgehead atoms. The van der Waals surface area contributed by atoms with Crippen molar-refractivity contribution < 1.29 is 37.1 Å². The van der Waals surface area contributed by atoms with Gasteiger partial charge in [-0.05, 0) is 74.3 Å². The number of ether oxygens (including phenoxy) is 2. The van der Waals surface area contributed by atoms with Crippen LogP contribution in [0.1, 0.15) is 42.2 Å². The van der Waals surface area contributed by atoms with Crippen molar-refractivity contribution in [1.82, 2.24) is 20.4 Å². The number of carbonyl (C=O) groups excluding carboxylic acids is 3. The van der Waals surface area contributed by atoms with Crippen molar-refractivity contribution in [3.8, 4) is 0 Å². The van der Waals surface area contributed by atoms with Crippen LogP contribution in [-0.4, -0.2) is 74.8 Å². The van der Waals surface area contributed by atoms with Gasteiger partial charge in [0, 0.05) is 13.7 Å². The van der Waals surface area contributed by atoms with E-state index in [1.165, 1.54) is 18.7 Å². The second-order valence-corrected chi connectivity index (χ2v) is 11.0. The maximum Gasteiger partial charge on any atom is 0.338 e. The van der Waals surface area contributed by atoms with Crippen LogP contribution in [0, 0.1) is 11.6 Å². The number of piperidine rings is 1. The molecule has 1 fully saturated rings. The van der Waals surface area contributed by atoms with E-state index >= 15 is 0 Å². The molecule has 3 heterocycles. The first-order valence-electron chi connectivity index (χ1n) is 14.7. The third-order valence-corrected chi connectivity index (χ3v) is 8.46. The van der Waals surface area contributed by atoms with E-state index < -0.39 is 35.7 Å². The highest BCUT2D eigenvalue weighted by molar-refractivity contribution is 6.01. The number of halogens is 2. The average molecular weight is 623 g/mol. The van der Waals surface area contributed by atoms with E-state index in [9.17, 15) is 23.2 Å². The van der Waals surface area contributed by atoms with Crippen molar-refractivity contribution in [2.45, 2.75) is 30.7 Å². The molecule has 1 unspecified atom stereocenters. The summed E-state index contributed by atoms with van der Waals surface area (Å²) < 4.78 is 44.0. The molecule has 4 amide bonds. The van der Waals surface area contributed by atoms with Crippen molar-refractivity contribution in [2.75, 3.05) is 47.0 Å². The van der Waals surface area contributed by atoms with Crippen LogP contribution >= 0.6 is 0 Å². The molecule has 45 heavy (non-hydrogen) atoms. The van der Waals surface area contributed by atoms with Crippen molar-refractivity contribution in [3.63, 3.8) is 0 Å². The number of furan rings is 1. The molecule has 0 saturated carbocycles. The summed E-state index contributed by atoms with van der Waals surface area (Å²) in [6.07, 6.45) is 4.03. The SMILES string of the molecule is COCC1=C(C(=O)OC)C(c2ccc(F)c(F)c2)N(C(=O)NCCCN2CCC(c3ccccc3)(c3ccco3)CC2)C(=O)N1. The van der Waals surface area contributed by atoms with Gasteiger partial charge in [-0.25, -0.2) is 28.1 Å². The highest BCUT2D eigenvalue weighted by Crippen LogP contribution is 2.42. The van der Waals surface area contributed by atoms with Crippen LogP contribution in [0.25, 0.3) is 0 Å². The summed E-state index contributed by atoms with van der Waals surface area (Å²) in [5, 5.41) is 5.26. The van der Waals surface area contributed by atoms with Gasteiger partial charge in [0.05, 0.1) is 36.7 Å². The molecule has 5 rings (SSSR count). The first-order valence-corrected chi connectivity index (χ1v) is 14.7. The lowest BCUT2D eigenvalue weighted by atomic mass is 9.71. The average Bonchev–Trinajstić information content (AvgIpc) is 3.60. The van der Waals surface area contributed by atoms with Crippen molar-refractivity contribution in [1.29, 1.82) is 0 Å². The van der Waals surface area contributed by atoms with Gasteiger partial charge < -0.3 is 29.4 Å². The van der Waals surface area contributed by atoms with E-state index in [2.05, 4.69) is 27.7 Å². The number of nitrogens with zero attached hydrogens (tertiary/aromatic N) is 2. The van der Waals surface area contributed by atoms with E-state index in [0.717, 1.165) is 55.8 Å². The maximum atomic E-state index is 14.3. The minimum atomic E-state index is -1.39. The second kappa shape index (κ2) is 14.0. The Balaban J connectivity index is 1.25. The van der Waals surface area contributed by atoms with Gasteiger partial charge >= 0.3 is 18.0 Å². The normalized spacial score (nSPS) is 18.4. The molecular formula is C33H36F2N4O6. The zero-order valence-corrected chi connectivity index (χ0v) is 25.2. The minimum Gasteiger partial charge on any atom is -0.468 e. The molecule has 12 heteroatoms. The van der Waals surface area contributed by atoms with Crippen molar-refractivity contribution in [3.05, 3.63) is 107 Å². The fourth-order valence-electron chi connectivity index (χ4n) is 6.21. The van der Waals surface area contributed by atoms with Crippen LogP contribution in [0.3, 0.4) is 0 Å². The van der Waals surface area contributed by atoms with Crippen molar-refractivity contribution >= 4 is 18.0 Å². The zero-order valence-electron chi connectivity index (χ0n) is 25.2. The molecule has 10 nitrogen and oxygen atoms in total. The van der Waals surface area contributed by atoms with E-state index in [1.54, 1.807) is 6.26 Å². The fourth-order valence-corrected chi connectivity index (χ4v) is 6.21. The number of nitrogens with one attached hydrogen (secondary N) is 2. The van der Waals surface area contributed by atoms with Gasteiger partial charge in [-0.15, -0.1) is 0 Å². The van der Waals surface area contributed by atoms with Gasteiger partial charge in [-0.2, -0.15) is 0 Å². The Labute approximate surface area is 260 Å². The van der Waals surface area contributed by atoms with Gasteiger partial charge in [-0.3, -0.25) is 0 Å². The minimum absolute atomic E-state index is 0.0136. The third-order valence-electron chi connectivity index (χ3n) is 8.46. The van der Waals surface area contributed by atoms with Crippen LogP contribution in [-0.2, 0) is 19.7 Å². The summed E-state index contributed by atoms with van der Waals surface area (Å²) in [5.74, 6) is -2.22. The Kier molecular flexibility index (Phi) is 9.94. The number of carbonyl (C=O) groups is 3. The molecule has 0 aliphatic carbocycles. The first-order chi connectivity index (χ1) is 21.8. The lowest BCUT2D eigenvalue weighted by Gasteiger charge is -2.41. The molecule has 1 saturated heterocycles. The quantitative estimate of drug-likeness (QED) is 0.245. The number of esters is 1. The molecule has 0 spiro atoms. The molecule has 3 aromatic rings. The van der Waals surface area contributed by atoms with Crippen LogP contribution < -0.4 is 10.6 Å². The summed E-state index contributed by atoms with van der Waals surface area (Å²) in [6, 6.07) is 14.2. The largest absolute Gasteiger partial charge is 0.468 e. The monoisotopic (exact) mass is 622 g/mol. The zero-order chi connectivity index (χ0) is 32.0. The summed E-state index contributed by atoms with van der Waals surface area (Å²) >= 11 is 0. The Bertz CT molecular complexity index is 1540. The Morgan fingerprint density at radius 3 is 2.44 bits per heavy atom. The molecule has 238 valence electrons. The first kappa shape index (κ1) is 31.9. The topological polar surface area (TPSA) is 113 Å². The Hall–Kier alpha value is -4.55. The van der Waals surface area contributed by atoms with E-state index in [-0.39, 0.29) is 35.4 Å². The number of benzene rings is 2. The van der Waals surface area contributed by atoms with Gasteiger partial charge in [0.15, 0.2) is 11.6 Å². The summed E-state index contributed by atoms with van der Waals surface area (Å²) in [5.41, 5.74) is 0.945. The van der Waals surface area contributed by atoms with Gasteiger partial charge in [0.25, 0.3) is 0 Å². The number of amides is 4. The Morgan fingerprint density at radius 2 is 1.80 bits per heavy atom. The lowest BCUT2D eigenvalue weighted by Crippen LogP contribution is -2.55. The number of urea groups is 2. The predicted molar refractivity (Wildman–Crippen MR) is 160 cm³/mol. The number of likely N-dealkylation sites (tertiary alicyclic amines) is 1. The van der Waals surface area contributed by atoms with Crippen LogP contribution in [0.15, 0.2) is 82.6 Å². The molecule has 2 aromatic carbocycles. The van der Waals surface area contributed by atoms with E-state index in [1.807, 2.05) is 30.3 Å². The van der Waals surface area contributed by atoms with Gasteiger partial charge in [0.1, 0.15) is 11.8 Å². The summed E-state index contributed by atoms with van der Waals surface area (Å²) in [4.78, 5) is 42.6. The maximum absolute atomic E-state index is 14.3. The highest BCUT2D eigenvalue weighted by Gasteiger charge is 2.43. The standard InChI is InChI=1S/C33H36F2N4O6/c1-43-21-26-28(30(40)44-2)29(22-11-12-24(34)25(35)20-22)39(32(42)37-26)31(41)36-15-7-16-38-17-13-33(14-18-38,27-10-6-19-45-27)23-8-4-3-5-9-23/h3-6,8-12,19-20,29H,7,13-18,21H2,1-2H3,(H,36,41)(H,37,42). The molecule has 1 atom stereocenters. The Morgan fingerprint density at radius 1 is 1.04 bits per heavy atom. The van der Waals surface area contributed by atoms with Crippen LogP contribution in [0.2, 0.25) is 0 Å². The predicted octanol–water partition coefficient (Wildman–Crippen LogP) is 4.88. The summed E-state index contributed by atoms with van der Waals surface area (Å²) in [7, 11) is 2.50. The summed E-state index contributed by atoms with van der Waals surface area (Å²) in [6.45, 7) is 2.39. The molecule has 2 N–H and O–H groups in total. The van der Waals surface area contributed by atoms with Crippen LogP contribution in [0.4, 0.5) is 18.4 Å². The molecular weight excluding hydrogens is 586 g/mol. The highest BCUT2D eigenvalue weighted by atomic mass is 19.2. The fraction of sp³-hybridized carbons (Fsp3) is 0.364. The number of imide groups is 1. The van der Waals surface area contributed by atoms with Crippen molar-refractivity contribution in [2.24, 2.45) is 0 Å². The van der Waals surface area contributed by atoms with Gasteiger partial charge in [0.2, 0.25) is 0 Å². The number of hydrogen-bond donors (Lipinski definition) is 2.